The summed E-state index contributed by atoms with van der Waals surface area (Å²) in [6.45, 7) is 10.1. The third-order valence-corrected chi connectivity index (χ3v) is 5.10. The van der Waals surface area contributed by atoms with Crippen LogP contribution in [0.25, 0.3) is 0 Å². The van der Waals surface area contributed by atoms with Crippen LogP contribution < -0.4 is 5.32 Å². The third-order valence-electron chi connectivity index (χ3n) is 5.10. The highest BCUT2D eigenvalue weighted by molar-refractivity contribution is 5.79. The average Bonchev–Trinajstić information content (AvgIpc) is 2.90. The van der Waals surface area contributed by atoms with E-state index in [0.717, 1.165) is 58.5 Å². The van der Waals surface area contributed by atoms with Crippen LogP contribution in [0.3, 0.4) is 0 Å². The highest BCUT2D eigenvalue weighted by Crippen LogP contribution is 2.33. The van der Waals surface area contributed by atoms with Crippen LogP contribution >= 0.6 is 0 Å². The number of carbonyl (C=O) groups is 1. The minimum Gasteiger partial charge on any atom is -0.480 e. The largest absolute Gasteiger partial charge is 0.480 e. The number of hydrogen-bond acceptors (Lipinski definition) is 4. The minimum atomic E-state index is -0.696. The fourth-order valence-corrected chi connectivity index (χ4v) is 3.68. The number of fused-ring (bicyclic) bond motifs is 1. The lowest BCUT2D eigenvalue weighted by Gasteiger charge is -2.42. The predicted molar refractivity (Wildman–Crippen MR) is 80.0 cm³/mol. The van der Waals surface area contributed by atoms with Crippen molar-refractivity contribution in [3.63, 3.8) is 0 Å². The van der Waals surface area contributed by atoms with Gasteiger partial charge in [-0.25, -0.2) is 0 Å². The zero-order valence-electron chi connectivity index (χ0n) is 12.9. The van der Waals surface area contributed by atoms with E-state index in [0.29, 0.717) is 6.04 Å². The second-order valence-corrected chi connectivity index (χ2v) is 6.13. The molecule has 2 unspecified atom stereocenters. The Morgan fingerprint density at radius 1 is 1.40 bits per heavy atom. The van der Waals surface area contributed by atoms with Gasteiger partial charge in [0.2, 0.25) is 0 Å². The van der Waals surface area contributed by atoms with E-state index < -0.39 is 11.5 Å². The van der Waals surface area contributed by atoms with Crippen LogP contribution in [-0.2, 0) is 4.79 Å². The van der Waals surface area contributed by atoms with Gasteiger partial charge in [0, 0.05) is 25.7 Å². The van der Waals surface area contributed by atoms with E-state index in [-0.39, 0.29) is 0 Å². The van der Waals surface area contributed by atoms with Crippen molar-refractivity contribution in [1.29, 1.82) is 0 Å². The summed E-state index contributed by atoms with van der Waals surface area (Å²) in [6.07, 6.45) is 3.88. The van der Waals surface area contributed by atoms with Crippen LogP contribution in [-0.4, -0.2) is 71.7 Å². The SMILES string of the molecule is CCN(CC)CCNC1(C(=O)O)CCN2CCCC2C1. The molecule has 2 saturated heterocycles. The molecule has 116 valence electrons. The molecule has 2 heterocycles. The fourth-order valence-electron chi connectivity index (χ4n) is 3.68. The molecule has 0 spiro atoms. The van der Waals surface area contributed by atoms with Crippen LogP contribution in [0.2, 0.25) is 0 Å². The van der Waals surface area contributed by atoms with E-state index in [1.54, 1.807) is 0 Å². The summed E-state index contributed by atoms with van der Waals surface area (Å²) in [5.74, 6) is -0.663. The summed E-state index contributed by atoms with van der Waals surface area (Å²) in [7, 11) is 0. The second-order valence-electron chi connectivity index (χ2n) is 6.13. The van der Waals surface area contributed by atoms with Gasteiger partial charge in [-0.05, 0) is 45.3 Å². The number of likely N-dealkylation sites (N-methyl/N-ethyl adjacent to an activating group) is 1. The number of nitrogens with zero attached hydrogens (tertiary/aromatic N) is 2. The van der Waals surface area contributed by atoms with Crippen molar-refractivity contribution >= 4 is 5.97 Å². The Kier molecular flexibility index (Phi) is 5.41. The van der Waals surface area contributed by atoms with Gasteiger partial charge < -0.3 is 20.2 Å². The molecule has 20 heavy (non-hydrogen) atoms. The summed E-state index contributed by atoms with van der Waals surface area (Å²) in [5, 5.41) is 13.1. The fraction of sp³-hybridized carbons (Fsp3) is 0.933. The minimum absolute atomic E-state index is 0.473. The molecule has 0 saturated carbocycles. The van der Waals surface area contributed by atoms with Crippen LogP contribution in [0.15, 0.2) is 0 Å². The molecule has 0 radical (unpaired) electrons. The lowest BCUT2D eigenvalue weighted by Crippen LogP contribution is -2.61. The first-order valence-electron chi connectivity index (χ1n) is 8.06. The van der Waals surface area contributed by atoms with Crippen LogP contribution in [0.1, 0.15) is 39.5 Å². The van der Waals surface area contributed by atoms with E-state index in [2.05, 4.69) is 29.0 Å². The molecule has 0 aromatic heterocycles. The first-order valence-corrected chi connectivity index (χ1v) is 8.06. The molecular formula is C15H29N3O2. The number of carboxylic acids is 1. The van der Waals surface area contributed by atoms with Crippen LogP contribution in [0.4, 0.5) is 0 Å². The van der Waals surface area contributed by atoms with Crippen LogP contribution in [0.5, 0.6) is 0 Å². The maximum absolute atomic E-state index is 11.8. The Balaban J connectivity index is 1.91. The molecule has 2 fully saturated rings. The van der Waals surface area contributed by atoms with Crippen molar-refractivity contribution in [3.05, 3.63) is 0 Å². The van der Waals surface area contributed by atoms with E-state index in [9.17, 15) is 9.90 Å². The van der Waals surface area contributed by atoms with Gasteiger partial charge >= 0.3 is 5.97 Å². The normalized spacial score (nSPS) is 30.6. The first-order chi connectivity index (χ1) is 9.61. The van der Waals surface area contributed by atoms with Crippen molar-refractivity contribution in [1.82, 2.24) is 15.1 Å². The van der Waals surface area contributed by atoms with E-state index in [1.165, 1.54) is 6.42 Å². The highest BCUT2D eigenvalue weighted by Gasteiger charge is 2.46. The summed E-state index contributed by atoms with van der Waals surface area (Å²) >= 11 is 0. The van der Waals surface area contributed by atoms with Gasteiger partial charge in [0.15, 0.2) is 0 Å². The molecule has 2 N–H and O–H groups in total. The maximum Gasteiger partial charge on any atom is 0.324 e. The number of rotatable bonds is 7. The van der Waals surface area contributed by atoms with Gasteiger partial charge in [0.1, 0.15) is 5.54 Å². The zero-order valence-corrected chi connectivity index (χ0v) is 12.9. The topological polar surface area (TPSA) is 55.8 Å². The molecule has 2 aliphatic heterocycles. The summed E-state index contributed by atoms with van der Waals surface area (Å²) in [6, 6.07) is 0.473. The highest BCUT2D eigenvalue weighted by atomic mass is 16.4. The van der Waals surface area contributed by atoms with Crippen molar-refractivity contribution in [2.45, 2.75) is 51.1 Å². The lowest BCUT2D eigenvalue weighted by molar-refractivity contribution is -0.148. The van der Waals surface area contributed by atoms with Crippen molar-refractivity contribution in [3.8, 4) is 0 Å². The smallest absolute Gasteiger partial charge is 0.324 e. The summed E-state index contributed by atoms with van der Waals surface area (Å²) < 4.78 is 0. The number of piperidine rings is 1. The maximum atomic E-state index is 11.8. The van der Waals surface area contributed by atoms with Gasteiger partial charge in [-0.2, -0.15) is 0 Å². The molecule has 0 bridgehead atoms. The molecule has 0 aromatic rings. The number of carboxylic acid groups (broad SMARTS) is 1. The molecule has 0 amide bonds. The summed E-state index contributed by atoms with van der Waals surface area (Å²) in [5.41, 5.74) is -0.696. The van der Waals surface area contributed by atoms with Crippen molar-refractivity contribution < 1.29 is 9.90 Å². The van der Waals surface area contributed by atoms with E-state index in [1.807, 2.05) is 0 Å². The molecular weight excluding hydrogens is 254 g/mol. The Morgan fingerprint density at radius 2 is 2.15 bits per heavy atom. The number of hydrogen-bond donors (Lipinski definition) is 2. The molecule has 5 nitrogen and oxygen atoms in total. The van der Waals surface area contributed by atoms with Gasteiger partial charge in [0.05, 0.1) is 0 Å². The van der Waals surface area contributed by atoms with E-state index >= 15 is 0 Å². The monoisotopic (exact) mass is 283 g/mol. The quantitative estimate of drug-likeness (QED) is 0.730. The van der Waals surface area contributed by atoms with E-state index in [4.69, 9.17) is 0 Å². The molecule has 2 aliphatic rings. The van der Waals surface area contributed by atoms with Crippen molar-refractivity contribution in [2.75, 3.05) is 39.3 Å². The van der Waals surface area contributed by atoms with Gasteiger partial charge in [-0.15, -0.1) is 0 Å². The lowest BCUT2D eigenvalue weighted by atomic mass is 9.83. The van der Waals surface area contributed by atoms with Crippen LogP contribution in [0, 0.1) is 0 Å². The van der Waals surface area contributed by atoms with Gasteiger partial charge in [-0.1, -0.05) is 13.8 Å². The zero-order chi connectivity index (χ0) is 14.6. The Labute approximate surface area is 122 Å². The standard InChI is InChI=1S/C15H29N3O2/c1-3-17(4-2)11-8-16-15(14(19)20)7-10-18-9-5-6-13(18)12-15/h13,16H,3-12H2,1-2H3,(H,19,20). The van der Waals surface area contributed by atoms with Gasteiger partial charge in [0.25, 0.3) is 0 Å². The number of aliphatic carboxylic acids is 1. The molecule has 0 aliphatic carbocycles. The average molecular weight is 283 g/mol. The molecule has 0 aromatic carbocycles. The molecule has 2 atom stereocenters. The van der Waals surface area contributed by atoms with Gasteiger partial charge in [-0.3, -0.25) is 4.79 Å². The molecule has 2 rings (SSSR count). The Bertz CT molecular complexity index is 333. The third kappa shape index (κ3) is 3.32. The second kappa shape index (κ2) is 6.87. The Morgan fingerprint density at radius 3 is 2.80 bits per heavy atom. The van der Waals surface area contributed by atoms with Crippen molar-refractivity contribution in [2.24, 2.45) is 0 Å². The number of nitrogens with one attached hydrogen (secondary N) is 1. The Hall–Kier alpha value is -0.650. The summed E-state index contributed by atoms with van der Waals surface area (Å²) in [4.78, 5) is 16.6. The first kappa shape index (κ1) is 15.7. The molecule has 5 heteroatoms. The predicted octanol–water partition coefficient (Wildman–Crippen LogP) is 0.999.